The van der Waals surface area contributed by atoms with Crippen LogP contribution >= 0.6 is 0 Å². The third-order valence-electron chi connectivity index (χ3n) is 11.3. The average molecular weight is 473 g/mol. The van der Waals surface area contributed by atoms with Gasteiger partial charge in [-0.15, -0.1) is 0 Å². The van der Waals surface area contributed by atoms with Gasteiger partial charge in [0.05, 0.1) is 6.10 Å². The maximum absolute atomic E-state index is 12.1. The SMILES string of the molecule is CO[C@@H]1C[C@H]2CC(OC)(OC)CC[C@]2(C)C2CC[C@@]3(C)C(CC[C@@H]3C(C)C#CC(=O)C(C)C)C21. The molecule has 4 heteroatoms. The van der Waals surface area contributed by atoms with Crippen LogP contribution in [-0.4, -0.2) is 39.0 Å². The Bertz CT molecular complexity index is 819. The lowest BCUT2D eigenvalue weighted by molar-refractivity contribution is -0.271. The summed E-state index contributed by atoms with van der Waals surface area (Å²) in [6.07, 6.45) is 9.58. The van der Waals surface area contributed by atoms with Crippen LogP contribution in [0, 0.1) is 64.1 Å². The minimum absolute atomic E-state index is 0.00844. The molecule has 9 atom stereocenters. The van der Waals surface area contributed by atoms with Crippen molar-refractivity contribution in [1.29, 1.82) is 0 Å². The Balaban J connectivity index is 1.59. The van der Waals surface area contributed by atoms with Gasteiger partial charge in [0.25, 0.3) is 0 Å². The second-order valence-electron chi connectivity index (χ2n) is 12.8. The smallest absolute Gasteiger partial charge is 0.207 e. The van der Waals surface area contributed by atoms with Gasteiger partial charge >= 0.3 is 0 Å². The molecule has 0 spiro atoms. The number of hydrogen-bond acceptors (Lipinski definition) is 4. The Morgan fingerprint density at radius 3 is 2.21 bits per heavy atom. The van der Waals surface area contributed by atoms with Gasteiger partial charge in [-0.25, -0.2) is 0 Å². The topological polar surface area (TPSA) is 44.8 Å². The first-order chi connectivity index (χ1) is 16.0. The molecule has 0 bridgehead atoms. The normalized spacial score (nSPS) is 43.8. The van der Waals surface area contributed by atoms with Crippen molar-refractivity contribution in [2.75, 3.05) is 21.3 Å². The summed E-state index contributed by atoms with van der Waals surface area (Å²) in [5, 5.41) is 0. The van der Waals surface area contributed by atoms with E-state index in [1.165, 1.54) is 32.1 Å². The third-order valence-corrected chi connectivity index (χ3v) is 11.3. The van der Waals surface area contributed by atoms with Crippen LogP contribution in [0.25, 0.3) is 0 Å². The highest BCUT2D eigenvalue weighted by atomic mass is 16.7. The first kappa shape index (κ1) is 26.2. The molecule has 0 aliphatic heterocycles. The molecule has 0 saturated heterocycles. The number of methoxy groups -OCH3 is 3. The first-order valence-electron chi connectivity index (χ1n) is 13.7. The van der Waals surface area contributed by atoms with Crippen molar-refractivity contribution in [1.82, 2.24) is 0 Å². The van der Waals surface area contributed by atoms with Crippen molar-refractivity contribution in [3.63, 3.8) is 0 Å². The number of carbonyl (C=O) groups is 1. The van der Waals surface area contributed by atoms with Crippen molar-refractivity contribution in [3.05, 3.63) is 0 Å². The summed E-state index contributed by atoms with van der Waals surface area (Å²) in [5.74, 6) is 9.37. The molecule has 0 N–H and O–H groups in total. The van der Waals surface area contributed by atoms with Crippen LogP contribution in [0.3, 0.4) is 0 Å². The third kappa shape index (κ3) is 4.08. The van der Waals surface area contributed by atoms with E-state index in [0.29, 0.717) is 41.1 Å². The van der Waals surface area contributed by atoms with E-state index in [9.17, 15) is 4.79 Å². The Kier molecular flexibility index (Phi) is 7.34. The van der Waals surface area contributed by atoms with Gasteiger partial charge in [-0.2, -0.15) is 0 Å². The van der Waals surface area contributed by atoms with Crippen LogP contribution in [0.15, 0.2) is 0 Å². The van der Waals surface area contributed by atoms with E-state index < -0.39 is 5.79 Å². The highest BCUT2D eigenvalue weighted by Gasteiger charge is 2.64. The molecule has 4 saturated carbocycles. The quantitative estimate of drug-likeness (QED) is 0.274. The Hall–Kier alpha value is -0.890. The zero-order chi connectivity index (χ0) is 24.9. The Labute approximate surface area is 208 Å². The highest BCUT2D eigenvalue weighted by molar-refractivity contribution is 5.96. The lowest BCUT2D eigenvalue weighted by Gasteiger charge is -2.64. The van der Waals surface area contributed by atoms with Crippen LogP contribution in [0.2, 0.25) is 0 Å². The predicted octanol–water partition coefficient (Wildman–Crippen LogP) is 6.12. The maximum atomic E-state index is 12.1. The number of ether oxygens (including phenoxy) is 3. The second-order valence-corrected chi connectivity index (χ2v) is 12.8. The second kappa shape index (κ2) is 9.53. The van der Waals surface area contributed by atoms with Gasteiger partial charge in [-0.1, -0.05) is 40.5 Å². The summed E-state index contributed by atoms with van der Waals surface area (Å²) < 4.78 is 18.1. The molecule has 34 heavy (non-hydrogen) atoms. The summed E-state index contributed by atoms with van der Waals surface area (Å²) >= 11 is 0. The van der Waals surface area contributed by atoms with E-state index in [4.69, 9.17) is 14.2 Å². The van der Waals surface area contributed by atoms with Crippen molar-refractivity contribution in [2.45, 2.75) is 97.9 Å². The number of rotatable bonds is 5. The van der Waals surface area contributed by atoms with E-state index in [1.807, 2.05) is 21.0 Å². The fourth-order valence-corrected chi connectivity index (χ4v) is 9.13. The Morgan fingerprint density at radius 2 is 1.59 bits per heavy atom. The van der Waals surface area contributed by atoms with Crippen LogP contribution < -0.4 is 0 Å². The fraction of sp³-hybridized carbons (Fsp3) is 0.900. The average Bonchev–Trinajstić information content (AvgIpc) is 3.18. The van der Waals surface area contributed by atoms with Crippen LogP contribution in [0.4, 0.5) is 0 Å². The molecule has 4 aliphatic carbocycles. The van der Waals surface area contributed by atoms with Crippen molar-refractivity contribution in [2.24, 2.45) is 52.3 Å². The number of hydrogen-bond donors (Lipinski definition) is 0. The molecule has 0 heterocycles. The molecule has 0 amide bonds. The summed E-state index contributed by atoms with van der Waals surface area (Å²) in [5.41, 5.74) is 0.613. The minimum Gasteiger partial charge on any atom is -0.381 e. The number of Topliss-reactive ketones (excluding diaryl/α,β-unsaturated/α-hetero) is 1. The van der Waals surface area contributed by atoms with Crippen LogP contribution in [0.5, 0.6) is 0 Å². The standard InChI is InChI=1S/C30H48O4/c1-19(2)25(31)12-9-20(3)22-10-11-23-27-24(13-14-29(22,23)5)28(4)15-16-30(33-7,34-8)18-21(28)17-26(27)32-6/h19-24,26-27H,10-11,13-18H2,1-8H3/t20?,21-,22+,23?,24?,26+,27?,28-,29+/m0/s1. The van der Waals surface area contributed by atoms with E-state index in [1.54, 1.807) is 14.2 Å². The van der Waals surface area contributed by atoms with Gasteiger partial charge in [-0.3, -0.25) is 4.79 Å². The van der Waals surface area contributed by atoms with Crippen molar-refractivity contribution in [3.8, 4) is 11.8 Å². The Morgan fingerprint density at radius 1 is 0.912 bits per heavy atom. The number of fused-ring (bicyclic) bond motifs is 5. The molecule has 4 unspecified atom stereocenters. The molecular formula is C30H48O4. The van der Waals surface area contributed by atoms with Gasteiger partial charge in [0.1, 0.15) is 0 Å². The lowest BCUT2D eigenvalue weighted by atomic mass is 9.43. The maximum Gasteiger partial charge on any atom is 0.207 e. The van der Waals surface area contributed by atoms with Gasteiger partial charge < -0.3 is 14.2 Å². The first-order valence-corrected chi connectivity index (χ1v) is 13.7. The summed E-state index contributed by atoms with van der Waals surface area (Å²) in [4.78, 5) is 12.1. The van der Waals surface area contributed by atoms with Crippen LogP contribution in [-0.2, 0) is 19.0 Å². The molecule has 192 valence electrons. The van der Waals surface area contributed by atoms with Gasteiger partial charge in [0.15, 0.2) is 5.79 Å². The van der Waals surface area contributed by atoms with Crippen molar-refractivity contribution >= 4 is 5.78 Å². The molecule has 4 fully saturated rings. The molecular weight excluding hydrogens is 424 g/mol. The number of carbonyl (C=O) groups excluding carboxylic acids is 1. The summed E-state index contributed by atoms with van der Waals surface area (Å²) in [7, 11) is 5.53. The monoisotopic (exact) mass is 472 g/mol. The zero-order valence-corrected chi connectivity index (χ0v) is 22.9. The van der Waals surface area contributed by atoms with Gasteiger partial charge in [0, 0.05) is 46.0 Å². The van der Waals surface area contributed by atoms with Gasteiger partial charge in [0.2, 0.25) is 5.78 Å². The molecule has 0 aromatic heterocycles. The summed E-state index contributed by atoms with van der Waals surface area (Å²) in [6, 6.07) is 0. The predicted molar refractivity (Wildman–Crippen MR) is 135 cm³/mol. The van der Waals surface area contributed by atoms with Crippen molar-refractivity contribution < 1.29 is 19.0 Å². The molecule has 0 radical (unpaired) electrons. The van der Waals surface area contributed by atoms with E-state index >= 15 is 0 Å². The molecule has 0 aromatic rings. The fourth-order valence-electron chi connectivity index (χ4n) is 9.13. The molecule has 4 nitrogen and oxygen atoms in total. The van der Waals surface area contributed by atoms with E-state index in [0.717, 1.165) is 19.3 Å². The summed E-state index contributed by atoms with van der Waals surface area (Å²) in [6.45, 7) is 11.2. The molecule has 4 rings (SSSR count). The largest absolute Gasteiger partial charge is 0.381 e. The highest BCUT2D eigenvalue weighted by Crippen LogP contribution is 2.69. The number of ketones is 1. The molecule has 4 aliphatic rings. The van der Waals surface area contributed by atoms with Gasteiger partial charge in [-0.05, 0) is 84.9 Å². The zero-order valence-electron chi connectivity index (χ0n) is 22.9. The lowest BCUT2D eigenvalue weighted by Crippen LogP contribution is -2.60. The molecule has 0 aromatic carbocycles. The van der Waals surface area contributed by atoms with E-state index in [2.05, 4.69) is 32.6 Å². The van der Waals surface area contributed by atoms with E-state index in [-0.39, 0.29) is 23.0 Å². The minimum atomic E-state index is -0.432. The van der Waals surface area contributed by atoms with Crippen LogP contribution in [0.1, 0.15) is 86.0 Å².